The maximum Gasteiger partial charge on any atom is 0.132 e. The minimum Gasteiger partial charge on any atom is -0.398 e. The Balaban J connectivity index is 2.87. The van der Waals surface area contributed by atoms with E-state index in [0.29, 0.717) is 17.8 Å². The van der Waals surface area contributed by atoms with E-state index in [2.05, 4.69) is 5.32 Å². The molecule has 1 aromatic rings. The van der Waals surface area contributed by atoms with Gasteiger partial charge in [-0.3, -0.25) is 0 Å². The summed E-state index contributed by atoms with van der Waals surface area (Å²) in [5.74, 6) is -0.285. The highest BCUT2D eigenvalue weighted by Crippen LogP contribution is 2.16. The highest BCUT2D eigenvalue weighted by molar-refractivity contribution is 5.64. The average Bonchev–Trinajstić information content (AvgIpc) is 2.10. The van der Waals surface area contributed by atoms with Gasteiger partial charge in [0.2, 0.25) is 0 Å². The fourth-order valence-electron chi connectivity index (χ4n) is 1.02. The third-order valence-electron chi connectivity index (χ3n) is 1.69. The summed E-state index contributed by atoms with van der Waals surface area (Å²) < 4.78 is 13.1. The van der Waals surface area contributed by atoms with Crippen molar-refractivity contribution in [1.82, 2.24) is 5.32 Å². The van der Waals surface area contributed by atoms with Gasteiger partial charge in [0, 0.05) is 17.8 Å². The van der Waals surface area contributed by atoms with Crippen molar-refractivity contribution in [2.24, 2.45) is 0 Å². The summed E-state index contributed by atoms with van der Waals surface area (Å²) in [6.07, 6.45) is 3.51. The van der Waals surface area contributed by atoms with Crippen LogP contribution in [0.1, 0.15) is 5.56 Å². The molecule has 1 aromatic carbocycles. The van der Waals surface area contributed by atoms with Crippen LogP contribution in [0.15, 0.2) is 24.3 Å². The standard InChI is InChI=1S/C10H13FN2/c1-13-7-3-4-8-9(11)5-2-6-10(8)12/h2-6,13H,7,12H2,1H3. The first kappa shape index (κ1) is 9.74. The molecule has 2 nitrogen and oxygen atoms in total. The Morgan fingerprint density at radius 1 is 1.54 bits per heavy atom. The van der Waals surface area contributed by atoms with Crippen LogP contribution in [0.3, 0.4) is 0 Å². The SMILES string of the molecule is CNCC=Cc1c(N)cccc1F. The van der Waals surface area contributed by atoms with Gasteiger partial charge in [0.25, 0.3) is 0 Å². The molecule has 0 saturated heterocycles. The Morgan fingerprint density at radius 3 is 2.92 bits per heavy atom. The minimum absolute atomic E-state index is 0.285. The van der Waals surface area contributed by atoms with Crippen molar-refractivity contribution in [3.63, 3.8) is 0 Å². The van der Waals surface area contributed by atoms with Crippen molar-refractivity contribution in [3.05, 3.63) is 35.7 Å². The first-order chi connectivity index (χ1) is 6.25. The van der Waals surface area contributed by atoms with Gasteiger partial charge in [-0.25, -0.2) is 4.39 Å². The number of nitrogens with one attached hydrogen (secondary N) is 1. The van der Waals surface area contributed by atoms with Gasteiger partial charge >= 0.3 is 0 Å². The molecule has 0 radical (unpaired) electrons. The number of hydrogen-bond donors (Lipinski definition) is 2. The lowest BCUT2D eigenvalue weighted by Gasteiger charge is -2.00. The Morgan fingerprint density at radius 2 is 2.31 bits per heavy atom. The van der Waals surface area contributed by atoms with Crippen molar-refractivity contribution in [2.75, 3.05) is 19.3 Å². The van der Waals surface area contributed by atoms with Crippen LogP contribution in [-0.2, 0) is 0 Å². The van der Waals surface area contributed by atoms with Crippen molar-refractivity contribution >= 4 is 11.8 Å². The number of benzene rings is 1. The average molecular weight is 180 g/mol. The third kappa shape index (κ3) is 2.56. The highest BCUT2D eigenvalue weighted by Gasteiger charge is 2.00. The largest absolute Gasteiger partial charge is 0.398 e. The van der Waals surface area contributed by atoms with Crippen LogP contribution in [0.2, 0.25) is 0 Å². The van der Waals surface area contributed by atoms with Crippen molar-refractivity contribution in [3.8, 4) is 0 Å². The Labute approximate surface area is 77.3 Å². The summed E-state index contributed by atoms with van der Waals surface area (Å²) in [6.45, 7) is 0.702. The van der Waals surface area contributed by atoms with Gasteiger partial charge in [0.05, 0.1) is 0 Å². The molecule has 0 saturated carbocycles. The summed E-state index contributed by atoms with van der Waals surface area (Å²) in [7, 11) is 1.83. The number of anilines is 1. The van der Waals surface area contributed by atoms with Crippen LogP contribution in [0.25, 0.3) is 6.08 Å². The lowest BCUT2D eigenvalue weighted by molar-refractivity contribution is 0.626. The molecule has 1 rings (SSSR count). The van der Waals surface area contributed by atoms with Gasteiger partial charge in [-0.2, -0.15) is 0 Å². The second-order valence-electron chi connectivity index (χ2n) is 2.70. The molecule has 0 atom stereocenters. The van der Waals surface area contributed by atoms with Gasteiger partial charge in [-0.15, -0.1) is 0 Å². The van der Waals surface area contributed by atoms with Crippen molar-refractivity contribution in [1.29, 1.82) is 0 Å². The molecule has 0 amide bonds. The predicted octanol–water partition coefficient (Wildman–Crippen LogP) is 1.64. The van der Waals surface area contributed by atoms with E-state index in [-0.39, 0.29) is 5.82 Å². The van der Waals surface area contributed by atoms with Crippen molar-refractivity contribution in [2.45, 2.75) is 0 Å². The summed E-state index contributed by atoms with van der Waals surface area (Å²) >= 11 is 0. The van der Waals surface area contributed by atoms with Crippen LogP contribution < -0.4 is 11.1 Å². The molecule has 0 bridgehead atoms. The third-order valence-corrected chi connectivity index (χ3v) is 1.69. The van der Waals surface area contributed by atoms with Gasteiger partial charge < -0.3 is 11.1 Å². The molecule has 0 unspecified atom stereocenters. The maximum absolute atomic E-state index is 13.1. The van der Waals surface area contributed by atoms with E-state index in [0.717, 1.165) is 0 Å². The number of hydrogen-bond acceptors (Lipinski definition) is 2. The van der Waals surface area contributed by atoms with Crippen LogP contribution >= 0.6 is 0 Å². The lowest BCUT2D eigenvalue weighted by atomic mass is 10.1. The number of rotatable bonds is 3. The van der Waals surface area contributed by atoms with Gasteiger partial charge in [-0.05, 0) is 19.2 Å². The zero-order chi connectivity index (χ0) is 9.68. The van der Waals surface area contributed by atoms with Crippen LogP contribution in [-0.4, -0.2) is 13.6 Å². The molecular formula is C10H13FN2. The molecule has 0 aromatic heterocycles. The Kier molecular flexibility index (Phi) is 3.46. The molecule has 0 aliphatic heterocycles. The Bertz CT molecular complexity index is 288. The normalized spacial score (nSPS) is 10.9. The molecule has 0 fully saturated rings. The zero-order valence-electron chi connectivity index (χ0n) is 7.55. The predicted molar refractivity (Wildman–Crippen MR) is 53.8 cm³/mol. The minimum atomic E-state index is -0.285. The van der Waals surface area contributed by atoms with Crippen molar-refractivity contribution < 1.29 is 4.39 Å². The molecule has 13 heavy (non-hydrogen) atoms. The number of halogens is 1. The van der Waals surface area contributed by atoms with E-state index in [9.17, 15) is 4.39 Å². The highest BCUT2D eigenvalue weighted by atomic mass is 19.1. The second kappa shape index (κ2) is 4.62. The molecule has 3 heteroatoms. The van der Waals surface area contributed by atoms with Gasteiger partial charge in [0.1, 0.15) is 5.82 Å². The van der Waals surface area contributed by atoms with Gasteiger partial charge in [-0.1, -0.05) is 18.2 Å². The number of nitrogens with two attached hydrogens (primary N) is 1. The topological polar surface area (TPSA) is 38.0 Å². The Hall–Kier alpha value is -1.35. The van der Waals surface area contributed by atoms with Crippen LogP contribution in [0.4, 0.5) is 10.1 Å². The molecule has 0 heterocycles. The molecule has 0 spiro atoms. The van der Waals surface area contributed by atoms with E-state index in [1.807, 2.05) is 13.1 Å². The lowest BCUT2D eigenvalue weighted by Crippen LogP contribution is -2.04. The number of nitrogen functional groups attached to an aromatic ring is 1. The maximum atomic E-state index is 13.1. The van der Waals surface area contributed by atoms with E-state index in [1.165, 1.54) is 6.07 Å². The molecule has 70 valence electrons. The van der Waals surface area contributed by atoms with Crippen LogP contribution in [0, 0.1) is 5.82 Å². The number of likely N-dealkylation sites (N-methyl/N-ethyl adjacent to an activating group) is 1. The molecule has 0 aliphatic rings. The monoisotopic (exact) mass is 180 g/mol. The molecular weight excluding hydrogens is 167 g/mol. The van der Waals surface area contributed by atoms with E-state index < -0.39 is 0 Å². The van der Waals surface area contributed by atoms with E-state index in [1.54, 1.807) is 18.2 Å². The van der Waals surface area contributed by atoms with Crippen LogP contribution in [0.5, 0.6) is 0 Å². The second-order valence-corrected chi connectivity index (χ2v) is 2.70. The first-order valence-corrected chi connectivity index (χ1v) is 4.11. The van der Waals surface area contributed by atoms with E-state index in [4.69, 9.17) is 5.73 Å². The summed E-state index contributed by atoms with van der Waals surface area (Å²) in [5, 5.41) is 2.93. The van der Waals surface area contributed by atoms with Gasteiger partial charge in [0.15, 0.2) is 0 Å². The van der Waals surface area contributed by atoms with E-state index >= 15 is 0 Å². The summed E-state index contributed by atoms with van der Waals surface area (Å²) in [4.78, 5) is 0. The molecule has 0 aliphatic carbocycles. The fourth-order valence-corrected chi connectivity index (χ4v) is 1.02. The fraction of sp³-hybridized carbons (Fsp3) is 0.200. The summed E-state index contributed by atoms with van der Waals surface area (Å²) in [6, 6.07) is 4.68. The first-order valence-electron chi connectivity index (χ1n) is 4.11. The zero-order valence-corrected chi connectivity index (χ0v) is 7.55. The molecule has 3 N–H and O–H groups in total. The summed E-state index contributed by atoms with van der Waals surface area (Å²) in [5.41, 5.74) is 6.51. The smallest absolute Gasteiger partial charge is 0.132 e. The quantitative estimate of drug-likeness (QED) is 0.694.